The molecule has 1 aromatic carbocycles. The maximum atomic E-state index is 12.2. The summed E-state index contributed by atoms with van der Waals surface area (Å²) in [6.07, 6.45) is 0. The Bertz CT molecular complexity index is 404. The van der Waals surface area contributed by atoms with E-state index < -0.39 is 0 Å². The first kappa shape index (κ1) is 14.4. The Morgan fingerprint density at radius 2 is 2.00 bits per heavy atom. The normalized spacial score (nSPS) is 11.4. The number of carbonyl (C=O) groups excluding carboxylic acids is 1. The first-order chi connectivity index (χ1) is 7.87. The van der Waals surface area contributed by atoms with Gasteiger partial charge >= 0.3 is 0 Å². The molecule has 0 heterocycles. The standard InChI is InChI=1S/C13H19IN2O/c1-13(2,8-15)9-16(3)12(17)10-6-4-5-7-11(10)14/h4-7H,8-9,15H2,1-3H3. The number of hydrogen-bond donors (Lipinski definition) is 1. The second-order valence-electron chi connectivity index (χ2n) is 5.01. The first-order valence-electron chi connectivity index (χ1n) is 5.57. The van der Waals surface area contributed by atoms with Crippen LogP contribution >= 0.6 is 22.6 Å². The molecule has 0 spiro atoms. The quantitative estimate of drug-likeness (QED) is 0.851. The van der Waals surface area contributed by atoms with Crippen LogP contribution in [0.3, 0.4) is 0 Å². The van der Waals surface area contributed by atoms with Crippen molar-refractivity contribution in [1.29, 1.82) is 0 Å². The topological polar surface area (TPSA) is 46.3 Å². The van der Waals surface area contributed by atoms with Crippen molar-refractivity contribution in [2.75, 3.05) is 20.1 Å². The number of nitrogens with two attached hydrogens (primary N) is 1. The summed E-state index contributed by atoms with van der Waals surface area (Å²) in [5.41, 5.74) is 6.39. The molecule has 0 saturated heterocycles. The molecule has 0 aliphatic heterocycles. The van der Waals surface area contributed by atoms with Crippen LogP contribution in [0.1, 0.15) is 24.2 Å². The summed E-state index contributed by atoms with van der Waals surface area (Å²) in [5, 5.41) is 0. The Morgan fingerprint density at radius 1 is 1.41 bits per heavy atom. The van der Waals surface area contributed by atoms with E-state index in [1.165, 1.54) is 0 Å². The van der Waals surface area contributed by atoms with Gasteiger partial charge < -0.3 is 10.6 Å². The van der Waals surface area contributed by atoms with Crippen LogP contribution in [0.25, 0.3) is 0 Å². The SMILES string of the molecule is CN(CC(C)(C)CN)C(=O)c1ccccc1I. The molecule has 3 nitrogen and oxygen atoms in total. The van der Waals surface area contributed by atoms with E-state index in [9.17, 15) is 4.79 Å². The van der Waals surface area contributed by atoms with Crippen molar-refractivity contribution < 1.29 is 4.79 Å². The van der Waals surface area contributed by atoms with Gasteiger partial charge in [0.1, 0.15) is 0 Å². The van der Waals surface area contributed by atoms with E-state index in [-0.39, 0.29) is 11.3 Å². The molecule has 0 aliphatic carbocycles. The van der Waals surface area contributed by atoms with Crippen LogP contribution in [0.4, 0.5) is 0 Å². The van der Waals surface area contributed by atoms with E-state index in [1.807, 2.05) is 31.3 Å². The van der Waals surface area contributed by atoms with Gasteiger partial charge in [-0.15, -0.1) is 0 Å². The van der Waals surface area contributed by atoms with Gasteiger partial charge in [0.2, 0.25) is 0 Å². The highest BCUT2D eigenvalue weighted by Gasteiger charge is 2.22. The number of hydrogen-bond acceptors (Lipinski definition) is 2. The average molecular weight is 346 g/mol. The summed E-state index contributed by atoms with van der Waals surface area (Å²) in [4.78, 5) is 14.0. The lowest BCUT2D eigenvalue weighted by atomic mass is 9.93. The minimum atomic E-state index is -0.0510. The third-order valence-corrected chi connectivity index (χ3v) is 3.61. The molecule has 94 valence electrons. The van der Waals surface area contributed by atoms with Gasteiger partial charge in [-0.2, -0.15) is 0 Å². The Balaban J connectivity index is 2.81. The summed E-state index contributed by atoms with van der Waals surface area (Å²) in [6, 6.07) is 7.62. The fraction of sp³-hybridized carbons (Fsp3) is 0.462. The van der Waals surface area contributed by atoms with Crippen LogP contribution < -0.4 is 5.73 Å². The smallest absolute Gasteiger partial charge is 0.254 e. The second kappa shape index (κ2) is 5.82. The van der Waals surface area contributed by atoms with E-state index in [4.69, 9.17) is 5.73 Å². The van der Waals surface area contributed by atoms with Gasteiger partial charge in [-0.1, -0.05) is 26.0 Å². The zero-order chi connectivity index (χ0) is 13.1. The molecule has 1 amide bonds. The van der Waals surface area contributed by atoms with Crippen LogP contribution in [0.15, 0.2) is 24.3 Å². The summed E-state index contributed by atoms with van der Waals surface area (Å²) < 4.78 is 0.979. The summed E-state index contributed by atoms with van der Waals surface area (Å²) in [5.74, 6) is 0.0523. The predicted octanol–water partition coefficient (Wildman–Crippen LogP) is 2.35. The second-order valence-corrected chi connectivity index (χ2v) is 6.17. The van der Waals surface area contributed by atoms with Gasteiger partial charge in [0.15, 0.2) is 0 Å². The van der Waals surface area contributed by atoms with E-state index >= 15 is 0 Å². The van der Waals surface area contributed by atoms with Crippen LogP contribution in [-0.4, -0.2) is 30.9 Å². The Kier molecular flexibility index (Phi) is 4.94. The van der Waals surface area contributed by atoms with Crippen molar-refractivity contribution in [2.45, 2.75) is 13.8 Å². The Morgan fingerprint density at radius 3 is 2.53 bits per heavy atom. The lowest BCUT2D eigenvalue weighted by Crippen LogP contribution is -2.40. The van der Waals surface area contributed by atoms with E-state index in [1.54, 1.807) is 4.90 Å². The van der Waals surface area contributed by atoms with Crippen molar-refractivity contribution in [3.63, 3.8) is 0 Å². The van der Waals surface area contributed by atoms with E-state index in [2.05, 4.69) is 36.4 Å². The molecular formula is C13H19IN2O. The molecule has 1 rings (SSSR count). The largest absolute Gasteiger partial charge is 0.341 e. The minimum absolute atomic E-state index is 0.0510. The third-order valence-electron chi connectivity index (χ3n) is 2.67. The van der Waals surface area contributed by atoms with Gasteiger partial charge in [-0.3, -0.25) is 4.79 Å². The average Bonchev–Trinajstić information content (AvgIpc) is 2.28. The third kappa shape index (κ3) is 3.96. The van der Waals surface area contributed by atoms with Crippen LogP contribution in [0.5, 0.6) is 0 Å². The molecule has 17 heavy (non-hydrogen) atoms. The van der Waals surface area contributed by atoms with Gasteiger partial charge in [0.05, 0.1) is 5.56 Å². The van der Waals surface area contributed by atoms with Gasteiger partial charge in [-0.05, 0) is 46.7 Å². The number of nitrogens with zero attached hydrogens (tertiary/aromatic N) is 1. The maximum Gasteiger partial charge on any atom is 0.254 e. The lowest BCUT2D eigenvalue weighted by Gasteiger charge is -2.29. The predicted molar refractivity (Wildman–Crippen MR) is 79.0 cm³/mol. The molecule has 0 aliphatic rings. The first-order valence-corrected chi connectivity index (χ1v) is 6.65. The number of carbonyl (C=O) groups is 1. The van der Waals surface area contributed by atoms with Crippen molar-refractivity contribution >= 4 is 28.5 Å². The molecule has 2 N–H and O–H groups in total. The fourth-order valence-electron chi connectivity index (χ4n) is 1.62. The van der Waals surface area contributed by atoms with Crippen molar-refractivity contribution in [3.05, 3.63) is 33.4 Å². The van der Waals surface area contributed by atoms with Crippen LogP contribution in [-0.2, 0) is 0 Å². The summed E-state index contributed by atoms with van der Waals surface area (Å²) in [7, 11) is 1.82. The van der Waals surface area contributed by atoms with Gasteiger partial charge in [-0.25, -0.2) is 0 Å². The van der Waals surface area contributed by atoms with Crippen molar-refractivity contribution in [3.8, 4) is 0 Å². The van der Waals surface area contributed by atoms with Crippen molar-refractivity contribution in [1.82, 2.24) is 4.90 Å². The summed E-state index contributed by atoms with van der Waals surface area (Å²) >= 11 is 2.18. The zero-order valence-corrected chi connectivity index (χ0v) is 12.7. The molecule has 1 aromatic rings. The molecule has 0 aromatic heterocycles. The highest BCUT2D eigenvalue weighted by atomic mass is 127. The highest BCUT2D eigenvalue weighted by molar-refractivity contribution is 14.1. The lowest BCUT2D eigenvalue weighted by molar-refractivity contribution is 0.0739. The Hall–Kier alpha value is -0.620. The number of benzene rings is 1. The molecule has 0 unspecified atom stereocenters. The van der Waals surface area contributed by atoms with Crippen LogP contribution in [0, 0.1) is 8.99 Å². The fourth-order valence-corrected chi connectivity index (χ4v) is 2.24. The molecular weight excluding hydrogens is 327 g/mol. The highest BCUT2D eigenvalue weighted by Crippen LogP contribution is 2.18. The molecule has 4 heteroatoms. The van der Waals surface area contributed by atoms with E-state index in [0.717, 1.165) is 9.13 Å². The van der Waals surface area contributed by atoms with Gasteiger partial charge in [0, 0.05) is 17.2 Å². The minimum Gasteiger partial charge on any atom is -0.341 e. The molecule has 0 bridgehead atoms. The van der Waals surface area contributed by atoms with Crippen LogP contribution in [0.2, 0.25) is 0 Å². The van der Waals surface area contributed by atoms with Gasteiger partial charge in [0.25, 0.3) is 5.91 Å². The molecule has 0 saturated carbocycles. The molecule has 0 fully saturated rings. The van der Waals surface area contributed by atoms with Crippen molar-refractivity contribution in [2.24, 2.45) is 11.1 Å². The van der Waals surface area contributed by atoms with E-state index in [0.29, 0.717) is 13.1 Å². The molecule has 0 atom stereocenters. The maximum absolute atomic E-state index is 12.2. The number of halogens is 1. The number of amides is 1. The molecule has 0 radical (unpaired) electrons. The Labute approximate surface area is 117 Å². The monoisotopic (exact) mass is 346 g/mol. The zero-order valence-electron chi connectivity index (χ0n) is 10.5. The summed E-state index contributed by atoms with van der Waals surface area (Å²) in [6.45, 7) is 5.35. The number of rotatable bonds is 4.